The molecule has 2 aliphatic rings. The summed E-state index contributed by atoms with van der Waals surface area (Å²) < 4.78 is 5.32. The molecule has 2 N–H and O–H groups in total. The monoisotopic (exact) mass is 211 g/mol. The molecule has 4 nitrogen and oxygen atoms in total. The molecule has 15 heavy (non-hydrogen) atoms. The fourth-order valence-corrected chi connectivity index (χ4v) is 3.15. The van der Waals surface area contributed by atoms with E-state index in [0.29, 0.717) is 6.42 Å². The van der Waals surface area contributed by atoms with Crippen molar-refractivity contribution < 1.29 is 14.3 Å². The summed E-state index contributed by atoms with van der Waals surface area (Å²) in [6, 6.07) is 0. The minimum Gasteiger partial charge on any atom is -0.459 e. The van der Waals surface area contributed by atoms with Gasteiger partial charge in [0.05, 0.1) is 0 Å². The first-order valence-electron chi connectivity index (χ1n) is 5.44. The van der Waals surface area contributed by atoms with Crippen molar-refractivity contribution in [2.24, 2.45) is 17.1 Å². The Morgan fingerprint density at radius 3 is 2.67 bits per heavy atom. The van der Waals surface area contributed by atoms with Gasteiger partial charge < -0.3 is 10.5 Å². The van der Waals surface area contributed by atoms with Gasteiger partial charge in [-0.2, -0.15) is 0 Å². The molecule has 0 aromatic carbocycles. The predicted octanol–water partition coefficient (Wildman–Crippen LogP) is 0.984. The number of fused-ring (bicyclic) bond motifs is 1. The third-order valence-electron chi connectivity index (χ3n) is 3.91. The highest BCUT2D eigenvalue weighted by molar-refractivity contribution is 6.04. The maximum atomic E-state index is 11.9. The van der Waals surface area contributed by atoms with E-state index in [1.807, 2.05) is 13.8 Å². The summed E-state index contributed by atoms with van der Waals surface area (Å²) in [5, 5.41) is 0. The van der Waals surface area contributed by atoms with Crippen molar-refractivity contribution in [1.29, 1.82) is 0 Å². The second kappa shape index (κ2) is 2.97. The van der Waals surface area contributed by atoms with Gasteiger partial charge in [-0.15, -0.1) is 0 Å². The van der Waals surface area contributed by atoms with Gasteiger partial charge in [0.1, 0.15) is 5.60 Å². The van der Waals surface area contributed by atoms with Gasteiger partial charge in [0, 0.05) is 5.92 Å². The standard InChI is InChI=1S/C11H17NO3/c1-10(2)7-5-3-4-6-11(7,8(12)13)9(14)15-10/h7H,3-6H2,1-2H3,(H2,12,13). The van der Waals surface area contributed by atoms with E-state index in [2.05, 4.69) is 0 Å². The molecule has 0 aromatic heterocycles. The molecule has 0 spiro atoms. The number of hydrogen-bond donors (Lipinski definition) is 1. The number of carbonyl (C=O) groups excluding carboxylic acids is 2. The number of primary amides is 1. The van der Waals surface area contributed by atoms with Crippen molar-refractivity contribution >= 4 is 11.9 Å². The van der Waals surface area contributed by atoms with Crippen LogP contribution in [-0.4, -0.2) is 17.5 Å². The summed E-state index contributed by atoms with van der Waals surface area (Å²) in [6.45, 7) is 3.73. The Bertz CT molecular complexity index is 324. The number of cyclic esters (lactones) is 1. The average molecular weight is 211 g/mol. The SMILES string of the molecule is CC1(C)OC(=O)C2(C(N)=O)CCCCC12. The van der Waals surface area contributed by atoms with Gasteiger partial charge in [-0.1, -0.05) is 12.8 Å². The summed E-state index contributed by atoms with van der Waals surface area (Å²) in [6.07, 6.45) is 3.32. The summed E-state index contributed by atoms with van der Waals surface area (Å²) in [4.78, 5) is 23.4. The predicted molar refractivity (Wildman–Crippen MR) is 53.8 cm³/mol. The van der Waals surface area contributed by atoms with Gasteiger partial charge in [-0.05, 0) is 26.7 Å². The molecule has 0 aromatic rings. The van der Waals surface area contributed by atoms with Crippen molar-refractivity contribution in [2.45, 2.75) is 45.1 Å². The number of ether oxygens (including phenoxy) is 1. The van der Waals surface area contributed by atoms with Gasteiger partial charge in [0.2, 0.25) is 5.91 Å². The first-order chi connectivity index (χ1) is 6.91. The molecule has 1 heterocycles. The zero-order valence-electron chi connectivity index (χ0n) is 9.21. The molecule has 2 rings (SSSR count). The van der Waals surface area contributed by atoms with E-state index in [1.165, 1.54) is 0 Å². The van der Waals surface area contributed by atoms with Gasteiger partial charge in [0.25, 0.3) is 0 Å². The second-order valence-corrected chi connectivity index (χ2v) is 5.13. The number of hydrogen-bond acceptors (Lipinski definition) is 3. The van der Waals surface area contributed by atoms with Crippen molar-refractivity contribution in [3.63, 3.8) is 0 Å². The third kappa shape index (κ3) is 1.20. The number of carbonyl (C=O) groups is 2. The first-order valence-corrected chi connectivity index (χ1v) is 5.44. The van der Waals surface area contributed by atoms with Crippen molar-refractivity contribution in [3.8, 4) is 0 Å². The molecule has 1 aliphatic carbocycles. The quantitative estimate of drug-likeness (QED) is 0.519. The summed E-state index contributed by atoms with van der Waals surface area (Å²) in [7, 11) is 0. The van der Waals surface area contributed by atoms with Crippen molar-refractivity contribution in [3.05, 3.63) is 0 Å². The average Bonchev–Trinajstić information content (AvgIpc) is 2.36. The third-order valence-corrected chi connectivity index (χ3v) is 3.91. The summed E-state index contributed by atoms with van der Waals surface area (Å²) >= 11 is 0. The molecule has 84 valence electrons. The highest BCUT2D eigenvalue weighted by atomic mass is 16.6. The zero-order valence-corrected chi connectivity index (χ0v) is 9.21. The van der Waals surface area contributed by atoms with Gasteiger partial charge >= 0.3 is 5.97 Å². The maximum absolute atomic E-state index is 11.9. The molecule has 1 saturated carbocycles. The van der Waals surface area contributed by atoms with Crippen LogP contribution in [0.5, 0.6) is 0 Å². The summed E-state index contributed by atoms with van der Waals surface area (Å²) in [5.74, 6) is -0.976. The highest BCUT2D eigenvalue weighted by Crippen LogP contribution is 2.53. The maximum Gasteiger partial charge on any atom is 0.322 e. The van der Waals surface area contributed by atoms with Crippen molar-refractivity contribution in [2.75, 3.05) is 0 Å². The minimum atomic E-state index is -1.04. The molecule has 2 atom stereocenters. The Morgan fingerprint density at radius 2 is 2.13 bits per heavy atom. The van der Waals surface area contributed by atoms with E-state index in [0.717, 1.165) is 19.3 Å². The fourth-order valence-electron chi connectivity index (χ4n) is 3.15. The molecule has 0 radical (unpaired) electrons. The van der Waals surface area contributed by atoms with E-state index >= 15 is 0 Å². The lowest BCUT2D eigenvalue weighted by Crippen LogP contribution is -2.49. The zero-order chi connectivity index (χ0) is 11.3. The lowest BCUT2D eigenvalue weighted by molar-refractivity contribution is -0.155. The highest BCUT2D eigenvalue weighted by Gasteiger charge is 2.64. The van der Waals surface area contributed by atoms with Crippen LogP contribution >= 0.6 is 0 Å². The topological polar surface area (TPSA) is 69.4 Å². The van der Waals surface area contributed by atoms with E-state index in [-0.39, 0.29) is 5.92 Å². The van der Waals surface area contributed by atoms with Crippen LogP contribution in [0.4, 0.5) is 0 Å². The van der Waals surface area contributed by atoms with Gasteiger partial charge in [-0.3, -0.25) is 9.59 Å². The smallest absolute Gasteiger partial charge is 0.322 e. The largest absolute Gasteiger partial charge is 0.459 e. The molecule has 1 amide bonds. The molecular weight excluding hydrogens is 194 g/mol. The first kappa shape index (κ1) is 10.5. The molecule has 2 fully saturated rings. The van der Waals surface area contributed by atoms with Crippen molar-refractivity contribution in [1.82, 2.24) is 0 Å². The molecule has 0 bridgehead atoms. The molecule has 1 saturated heterocycles. The molecular formula is C11H17NO3. The molecule has 1 aliphatic heterocycles. The van der Waals surface area contributed by atoms with Crippen LogP contribution in [0.2, 0.25) is 0 Å². The number of amides is 1. The Kier molecular flexibility index (Phi) is 2.07. The van der Waals surface area contributed by atoms with Crippen LogP contribution in [0.1, 0.15) is 39.5 Å². The van der Waals surface area contributed by atoms with Gasteiger partial charge in [0.15, 0.2) is 5.41 Å². The Balaban J connectivity index is 2.47. The number of rotatable bonds is 1. The van der Waals surface area contributed by atoms with E-state index in [4.69, 9.17) is 10.5 Å². The second-order valence-electron chi connectivity index (χ2n) is 5.13. The van der Waals surface area contributed by atoms with Crippen LogP contribution in [-0.2, 0) is 14.3 Å². The molecule has 4 heteroatoms. The van der Waals surface area contributed by atoms with Crippen LogP contribution in [0.25, 0.3) is 0 Å². The van der Waals surface area contributed by atoms with Crippen LogP contribution in [0.3, 0.4) is 0 Å². The van der Waals surface area contributed by atoms with Crippen LogP contribution in [0, 0.1) is 11.3 Å². The Labute approximate surface area is 89.2 Å². The number of nitrogens with two attached hydrogens (primary N) is 1. The normalized spacial score (nSPS) is 38.3. The van der Waals surface area contributed by atoms with Crippen LogP contribution in [0.15, 0.2) is 0 Å². The van der Waals surface area contributed by atoms with E-state index in [9.17, 15) is 9.59 Å². The Hall–Kier alpha value is -1.06. The Morgan fingerprint density at radius 1 is 1.47 bits per heavy atom. The molecule has 2 unspecified atom stereocenters. The van der Waals surface area contributed by atoms with Gasteiger partial charge in [-0.25, -0.2) is 0 Å². The number of esters is 1. The summed E-state index contributed by atoms with van der Waals surface area (Å²) in [5.41, 5.74) is 3.83. The van der Waals surface area contributed by atoms with Crippen LogP contribution < -0.4 is 5.73 Å². The fraction of sp³-hybridized carbons (Fsp3) is 0.818. The van der Waals surface area contributed by atoms with E-state index in [1.54, 1.807) is 0 Å². The lowest BCUT2D eigenvalue weighted by atomic mass is 9.62. The lowest BCUT2D eigenvalue weighted by Gasteiger charge is -2.36. The minimum absolute atomic E-state index is 0.0521. The van der Waals surface area contributed by atoms with E-state index < -0.39 is 22.9 Å².